The van der Waals surface area contributed by atoms with Gasteiger partial charge in [-0.25, -0.2) is 0 Å². The van der Waals surface area contributed by atoms with Gasteiger partial charge in [-0.2, -0.15) is 20.5 Å². The number of halogens is 6. The number of hydrogen-bond acceptors (Lipinski definition) is 10. The Labute approximate surface area is 397 Å². The lowest BCUT2D eigenvalue weighted by molar-refractivity contribution is -0.127. The third kappa shape index (κ3) is 12.5. The van der Waals surface area contributed by atoms with Crippen molar-refractivity contribution >= 4 is 139 Å². The maximum absolute atomic E-state index is 13.6. The van der Waals surface area contributed by atoms with Crippen molar-refractivity contribution in [3.8, 4) is 0 Å². The first-order valence-corrected chi connectivity index (χ1v) is 21.4. The lowest BCUT2D eigenvalue weighted by Crippen LogP contribution is -2.33. The molecule has 5 aromatic rings. The van der Waals surface area contributed by atoms with Crippen molar-refractivity contribution < 1.29 is 28.8 Å². The summed E-state index contributed by atoms with van der Waals surface area (Å²) in [4.78, 5) is 78.7. The van der Waals surface area contributed by atoms with Crippen LogP contribution in [0.15, 0.2) is 105 Å². The maximum atomic E-state index is 13.6. The summed E-state index contributed by atoms with van der Waals surface area (Å²) in [7, 11) is 0. The van der Waals surface area contributed by atoms with Crippen molar-refractivity contribution in [1.29, 1.82) is 0 Å². The van der Waals surface area contributed by atoms with Crippen LogP contribution in [0.5, 0.6) is 0 Å². The average molecular weight is 986 g/mol. The number of carbonyl (C=O) groups is 6. The van der Waals surface area contributed by atoms with Crippen LogP contribution < -0.4 is 21.3 Å². The Bertz CT molecular complexity index is 2560. The van der Waals surface area contributed by atoms with E-state index in [0.717, 1.165) is 0 Å². The third-order valence-electron chi connectivity index (χ3n) is 9.24. The van der Waals surface area contributed by atoms with Gasteiger partial charge < -0.3 is 21.3 Å². The first kappa shape index (κ1) is 49.3. The van der Waals surface area contributed by atoms with Gasteiger partial charge >= 0.3 is 0 Å². The van der Waals surface area contributed by atoms with E-state index in [9.17, 15) is 28.8 Å². The molecule has 64 heavy (non-hydrogen) atoms. The van der Waals surface area contributed by atoms with Crippen LogP contribution in [0.25, 0.3) is 0 Å². The molecule has 4 amide bonds. The molecule has 0 aliphatic carbocycles. The Morgan fingerprint density at radius 2 is 0.828 bits per heavy atom. The quantitative estimate of drug-likeness (QED) is 0.0560. The van der Waals surface area contributed by atoms with Gasteiger partial charge in [-0.3, -0.25) is 28.8 Å². The second-order valence-electron chi connectivity index (χ2n) is 13.7. The summed E-state index contributed by atoms with van der Waals surface area (Å²) in [6.07, 6.45) is 0.771. The van der Waals surface area contributed by atoms with Crippen molar-refractivity contribution in [3.63, 3.8) is 0 Å². The monoisotopic (exact) mass is 982 g/mol. The number of amides is 4. The number of nitrogens with zero attached hydrogens (tertiary/aromatic N) is 4. The predicted octanol–water partition coefficient (Wildman–Crippen LogP) is 12.6. The molecule has 20 heteroatoms. The number of hydrogen-bond donors (Lipinski definition) is 4. The van der Waals surface area contributed by atoms with Gasteiger partial charge in [-0.15, -0.1) is 0 Å². The van der Waals surface area contributed by atoms with E-state index >= 15 is 0 Å². The van der Waals surface area contributed by atoms with E-state index in [-0.39, 0.29) is 54.0 Å². The lowest BCUT2D eigenvalue weighted by atomic mass is 9.98. The molecule has 4 N–H and O–H groups in total. The predicted molar refractivity (Wildman–Crippen MR) is 252 cm³/mol. The van der Waals surface area contributed by atoms with Gasteiger partial charge in [0.2, 0.25) is 12.1 Å². The topological polar surface area (TPSA) is 200 Å². The molecule has 0 heterocycles. The molecule has 2 unspecified atom stereocenters. The van der Waals surface area contributed by atoms with Crippen LogP contribution in [0.4, 0.5) is 34.1 Å². The van der Waals surface area contributed by atoms with Crippen LogP contribution in [-0.2, 0) is 32.0 Å². The normalized spacial score (nSPS) is 12.2. The van der Waals surface area contributed by atoms with Gasteiger partial charge in [0.15, 0.2) is 11.6 Å². The van der Waals surface area contributed by atoms with E-state index in [1.54, 1.807) is 12.1 Å². The summed E-state index contributed by atoms with van der Waals surface area (Å²) in [5, 5.41) is 28.3. The van der Waals surface area contributed by atoms with E-state index in [0.29, 0.717) is 45.4 Å². The van der Waals surface area contributed by atoms with Crippen LogP contribution in [0.1, 0.15) is 59.5 Å². The molecule has 0 radical (unpaired) electrons. The van der Waals surface area contributed by atoms with Crippen molar-refractivity contribution in [2.24, 2.45) is 20.5 Å². The summed E-state index contributed by atoms with van der Waals surface area (Å²) >= 11 is 37.1. The van der Waals surface area contributed by atoms with Crippen molar-refractivity contribution in [3.05, 3.63) is 137 Å². The molecule has 0 fully saturated rings. The summed E-state index contributed by atoms with van der Waals surface area (Å²) in [5.41, 5.74) is 2.74. The number of carbonyl (C=O) groups excluding carboxylic acids is 6. The molecule has 0 saturated carbocycles. The minimum atomic E-state index is -1.58. The Balaban J connectivity index is 1.31. The molecule has 0 aromatic heterocycles. The average Bonchev–Trinajstić information content (AvgIpc) is 3.24. The van der Waals surface area contributed by atoms with E-state index in [4.69, 9.17) is 69.6 Å². The number of anilines is 4. The fraction of sp³-hybridized carbons (Fsp3) is 0.182. The van der Waals surface area contributed by atoms with E-state index in [2.05, 4.69) is 41.7 Å². The van der Waals surface area contributed by atoms with Crippen molar-refractivity contribution in [2.45, 2.75) is 52.6 Å². The highest BCUT2D eigenvalue weighted by atomic mass is 35.5. The molecule has 0 saturated heterocycles. The van der Waals surface area contributed by atoms with Gasteiger partial charge in [0.05, 0.1) is 54.0 Å². The third-order valence-corrected chi connectivity index (χ3v) is 11.0. The lowest BCUT2D eigenvalue weighted by Gasteiger charge is -2.20. The Kier molecular flexibility index (Phi) is 17.1. The SMILES string of the molecule is CCc1c(NC(=O)C(N=Nc2ccc(Cl)c(C(=O)Nc3cc(Cl)ccc3Cl)c2)C(C)=O)ccc(NC(=O)C(N=Nc2ccc(Cl)c(C(=O)Nc3cc(Cl)ccc3Cl)c2)C(C)=O)c1CC. The van der Waals surface area contributed by atoms with E-state index in [1.165, 1.54) is 86.6 Å². The molecule has 0 spiro atoms. The maximum Gasteiger partial charge on any atom is 0.258 e. The fourth-order valence-electron chi connectivity index (χ4n) is 6.09. The molecule has 2 atom stereocenters. The summed E-state index contributed by atoms with van der Waals surface area (Å²) in [6, 6.07) is 17.4. The zero-order chi connectivity index (χ0) is 46.8. The molecular formula is C44H36Cl6N8O6. The molecule has 14 nitrogen and oxygen atoms in total. The highest BCUT2D eigenvalue weighted by Crippen LogP contribution is 2.32. The molecule has 0 bridgehead atoms. The zero-order valence-electron chi connectivity index (χ0n) is 34.2. The highest BCUT2D eigenvalue weighted by molar-refractivity contribution is 6.38. The standard InChI is InChI=1S/C44H36Cl6N8O6/c1-5-27-28(6-2)36(52-44(64)40(22(4)60)58-56-26-10-14-32(48)30(20-26)42(62)54-38-18-24(46)8-12-34(38)50)16-15-35(27)51-43(63)39(21(3)59)57-55-25-9-13-31(47)29(19-25)41(61)53-37-17-23(45)7-11-33(37)49/h7-20,39-40H,5-6H2,1-4H3,(H,51,63)(H,52,64)(H,53,61)(H,54,62). The minimum absolute atomic E-state index is 0.0152. The van der Waals surface area contributed by atoms with E-state index < -0.39 is 47.3 Å². The van der Waals surface area contributed by atoms with Gasteiger partial charge in [-0.05, 0) is 123 Å². The Morgan fingerprint density at radius 3 is 1.17 bits per heavy atom. The highest BCUT2D eigenvalue weighted by Gasteiger charge is 2.27. The summed E-state index contributed by atoms with van der Waals surface area (Å²) in [5.74, 6) is -4.06. The molecular weight excluding hydrogens is 949 g/mol. The molecule has 5 aromatic carbocycles. The fourth-order valence-corrected chi connectivity index (χ4v) is 7.17. The smallest absolute Gasteiger partial charge is 0.258 e. The number of Topliss-reactive ketones (excluding diaryl/α,β-unsaturated/α-hetero) is 2. The van der Waals surface area contributed by atoms with Gasteiger partial charge in [0.25, 0.3) is 23.6 Å². The second-order valence-corrected chi connectivity index (χ2v) is 16.2. The number of nitrogens with one attached hydrogen (secondary N) is 4. The number of rotatable bonds is 16. The first-order chi connectivity index (χ1) is 30.4. The van der Waals surface area contributed by atoms with Crippen LogP contribution in [0.2, 0.25) is 30.1 Å². The van der Waals surface area contributed by atoms with E-state index in [1.807, 2.05) is 13.8 Å². The van der Waals surface area contributed by atoms with Gasteiger partial charge in [-0.1, -0.05) is 83.5 Å². The zero-order valence-corrected chi connectivity index (χ0v) is 38.7. The number of azo groups is 2. The largest absolute Gasteiger partial charge is 0.323 e. The number of ketones is 2. The van der Waals surface area contributed by atoms with Crippen LogP contribution in [0.3, 0.4) is 0 Å². The van der Waals surface area contributed by atoms with Crippen molar-refractivity contribution in [2.75, 3.05) is 21.3 Å². The Hall–Kier alpha value is -5.74. The Morgan fingerprint density at radius 1 is 0.469 bits per heavy atom. The number of benzene rings is 5. The molecule has 0 aliphatic heterocycles. The molecule has 0 aliphatic rings. The minimum Gasteiger partial charge on any atom is -0.323 e. The van der Waals surface area contributed by atoms with Crippen molar-refractivity contribution in [1.82, 2.24) is 0 Å². The first-order valence-electron chi connectivity index (χ1n) is 19.1. The molecule has 5 rings (SSSR count). The van der Waals surface area contributed by atoms with Crippen LogP contribution in [-0.4, -0.2) is 47.3 Å². The van der Waals surface area contributed by atoms with Crippen LogP contribution >= 0.6 is 69.6 Å². The van der Waals surface area contributed by atoms with Gasteiger partial charge in [0, 0.05) is 21.4 Å². The molecule has 330 valence electrons. The van der Waals surface area contributed by atoms with Crippen LogP contribution in [0, 0.1) is 0 Å². The summed E-state index contributed by atoms with van der Waals surface area (Å²) in [6.45, 7) is 6.03. The van der Waals surface area contributed by atoms with Gasteiger partial charge in [0.1, 0.15) is 0 Å². The second kappa shape index (κ2) is 22.2. The summed E-state index contributed by atoms with van der Waals surface area (Å²) < 4.78 is 0.